The molecule has 0 spiro atoms. The van der Waals surface area contributed by atoms with Crippen molar-refractivity contribution >= 4 is 0 Å². The zero-order valence-corrected chi connectivity index (χ0v) is 11.5. The largest absolute Gasteiger partial charge is 0.383 e. The minimum atomic E-state index is 0.335. The molecule has 0 amide bonds. The molecule has 1 rings (SSSR count). The van der Waals surface area contributed by atoms with Crippen LogP contribution in [0.15, 0.2) is 0 Å². The van der Waals surface area contributed by atoms with E-state index in [4.69, 9.17) is 4.74 Å². The van der Waals surface area contributed by atoms with Crippen LogP contribution in [0.1, 0.15) is 40.5 Å². The first-order valence-corrected chi connectivity index (χ1v) is 6.46. The molecule has 1 atom stereocenters. The number of nitrogens with zero attached hydrogens (tertiary/aromatic N) is 1. The van der Waals surface area contributed by atoms with Gasteiger partial charge in [0, 0.05) is 31.3 Å². The van der Waals surface area contributed by atoms with E-state index < -0.39 is 0 Å². The molecule has 1 aliphatic heterocycles. The molecule has 0 aromatic rings. The van der Waals surface area contributed by atoms with Crippen LogP contribution in [-0.4, -0.2) is 49.3 Å². The van der Waals surface area contributed by atoms with Crippen LogP contribution in [0, 0.1) is 0 Å². The zero-order valence-electron chi connectivity index (χ0n) is 11.5. The summed E-state index contributed by atoms with van der Waals surface area (Å²) in [7, 11) is 1.80. The van der Waals surface area contributed by atoms with E-state index in [-0.39, 0.29) is 0 Å². The molecule has 16 heavy (non-hydrogen) atoms. The summed E-state index contributed by atoms with van der Waals surface area (Å²) in [4.78, 5) is 2.60. The van der Waals surface area contributed by atoms with Gasteiger partial charge in [-0.15, -0.1) is 0 Å². The van der Waals surface area contributed by atoms with Crippen molar-refractivity contribution in [1.82, 2.24) is 10.2 Å². The summed E-state index contributed by atoms with van der Waals surface area (Å²) in [5.74, 6) is 0. The van der Waals surface area contributed by atoms with Gasteiger partial charge in [-0.3, -0.25) is 4.90 Å². The lowest BCUT2D eigenvalue weighted by atomic mass is 10.0. The fourth-order valence-corrected chi connectivity index (χ4v) is 2.63. The van der Waals surface area contributed by atoms with Crippen LogP contribution in [0.2, 0.25) is 0 Å². The molecule has 0 aromatic carbocycles. The predicted octanol–water partition coefficient (Wildman–Crippen LogP) is 1.87. The Morgan fingerprint density at radius 2 is 2.06 bits per heavy atom. The summed E-state index contributed by atoms with van der Waals surface area (Å²) in [6.07, 6.45) is 2.61. The van der Waals surface area contributed by atoms with Gasteiger partial charge in [-0.05, 0) is 33.2 Å². The number of hydrogen-bond donors (Lipinski definition) is 1. The van der Waals surface area contributed by atoms with Crippen LogP contribution >= 0.6 is 0 Å². The van der Waals surface area contributed by atoms with Crippen molar-refractivity contribution in [3.63, 3.8) is 0 Å². The van der Waals surface area contributed by atoms with E-state index in [1.54, 1.807) is 7.11 Å². The SMILES string of the molecule is COCC(CNC(C)C)N1CCCC1(C)C. The Bertz CT molecular complexity index is 204. The van der Waals surface area contributed by atoms with Crippen LogP contribution < -0.4 is 5.32 Å². The number of hydrogen-bond acceptors (Lipinski definition) is 3. The third kappa shape index (κ3) is 3.72. The smallest absolute Gasteiger partial charge is 0.0630 e. The van der Waals surface area contributed by atoms with Gasteiger partial charge in [0.15, 0.2) is 0 Å². The van der Waals surface area contributed by atoms with E-state index >= 15 is 0 Å². The van der Waals surface area contributed by atoms with Crippen LogP contribution in [0.5, 0.6) is 0 Å². The Morgan fingerprint density at radius 3 is 2.50 bits per heavy atom. The Labute approximate surface area is 101 Å². The maximum Gasteiger partial charge on any atom is 0.0630 e. The summed E-state index contributed by atoms with van der Waals surface area (Å²) in [6, 6.07) is 1.05. The monoisotopic (exact) mass is 228 g/mol. The van der Waals surface area contributed by atoms with Crippen molar-refractivity contribution in [2.24, 2.45) is 0 Å². The lowest BCUT2D eigenvalue weighted by Crippen LogP contribution is -2.52. The highest BCUT2D eigenvalue weighted by Crippen LogP contribution is 2.30. The standard InChI is InChI=1S/C13H28N2O/c1-11(2)14-9-12(10-16-5)15-8-6-7-13(15,3)4/h11-12,14H,6-10H2,1-5H3. The first kappa shape index (κ1) is 13.9. The summed E-state index contributed by atoms with van der Waals surface area (Å²) in [5, 5.41) is 3.52. The molecule has 1 fully saturated rings. The number of likely N-dealkylation sites (tertiary alicyclic amines) is 1. The van der Waals surface area contributed by atoms with Crippen LogP contribution in [0.25, 0.3) is 0 Å². The number of methoxy groups -OCH3 is 1. The second kappa shape index (κ2) is 5.99. The molecule has 0 bridgehead atoms. The van der Waals surface area contributed by atoms with Crippen molar-refractivity contribution in [2.75, 3.05) is 26.8 Å². The van der Waals surface area contributed by atoms with Gasteiger partial charge in [0.1, 0.15) is 0 Å². The van der Waals surface area contributed by atoms with Crippen LogP contribution in [-0.2, 0) is 4.74 Å². The third-order valence-electron chi connectivity index (χ3n) is 3.53. The Kier molecular flexibility index (Phi) is 5.22. The molecule has 1 aliphatic rings. The molecule has 0 aliphatic carbocycles. The topological polar surface area (TPSA) is 24.5 Å². The molecule has 3 heteroatoms. The predicted molar refractivity (Wildman–Crippen MR) is 68.8 cm³/mol. The maximum atomic E-state index is 5.36. The first-order valence-electron chi connectivity index (χ1n) is 6.46. The lowest BCUT2D eigenvalue weighted by molar-refractivity contribution is 0.0499. The number of nitrogens with one attached hydrogen (secondary N) is 1. The van der Waals surface area contributed by atoms with Crippen LogP contribution in [0.3, 0.4) is 0 Å². The molecule has 1 heterocycles. The number of rotatable bonds is 6. The van der Waals surface area contributed by atoms with Crippen LogP contribution in [0.4, 0.5) is 0 Å². The number of ether oxygens (including phenoxy) is 1. The van der Waals surface area contributed by atoms with Crippen molar-refractivity contribution in [3.05, 3.63) is 0 Å². The fourth-order valence-electron chi connectivity index (χ4n) is 2.63. The molecule has 1 N–H and O–H groups in total. The molecular weight excluding hydrogens is 200 g/mol. The highest BCUT2D eigenvalue weighted by Gasteiger charge is 2.36. The average molecular weight is 228 g/mol. The molecule has 0 saturated carbocycles. The fraction of sp³-hybridized carbons (Fsp3) is 1.00. The minimum absolute atomic E-state index is 0.335. The lowest BCUT2D eigenvalue weighted by Gasteiger charge is -2.38. The normalized spacial score (nSPS) is 22.9. The van der Waals surface area contributed by atoms with E-state index in [0.717, 1.165) is 13.2 Å². The minimum Gasteiger partial charge on any atom is -0.383 e. The zero-order chi connectivity index (χ0) is 12.2. The maximum absolute atomic E-state index is 5.36. The van der Waals surface area contributed by atoms with E-state index in [2.05, 4.69) is 37.9 Å². The van der Waals surface area contributed by atoms with Gasteiger partial charge in [-0.2, -0.15) is 0 Å². The van der Waals surface area contributed by atoms with Gasteiger partial charge < -0.3 is 10.1 Å². The van der Waals surface area contributed by atoms with E-state index in [9.17, 15) is 0 Å². The van der Waals surface area contributed by atoms with E-state index in [1.807, 2.05) is 0 Å². The first-order chi connectivity index (χ1) is 7.47. The van der Waals surface area contributed by atoms with Crippen molar-refractivity contribution in [3.8, 4) is 0 Å². The van der Waals surface area contributed by atoms with Crippen molar-refractivity contribution in [2.45, 2.75) is 58.2 Å². The van der Waals surface area contributed by atoms with Gasteiger partial charge in [0.05, 0.1) is 6.61 Å². The van der Waals surface area contributed by atoms with E-state index in [1.165, 1.54) is 19.4 Å². The molecule has 96 valence electrons. The van der Waals surface area contributed by atoms with E-state index in [0.29, 0.717) is 17.6 Å². The summed E-state index contributed by atoms with van der Waals surface area (Å²) < 4.78 is 5.36. The molecule has 1 saturated heterocycles. The van der Waals surface area contributed by atoms with Gasteiger partial charge in [0.25, 0.3) is 0 Å². The second-order valence-corrected chi connectivity index (χ2v) is 5.78. The molecule has 1 unspecified atom stereocenters. The average Bonchev–Trinajstić information content (AvgIpc) is 2.52. The quantitative estimate of drug-likeness (QED) is 0.751. The summed E-state index contributed by atoms with van der Waals surface area (Å²) >= 11 is 0. The summed E-state index contributed by atoms with van der Waals surface area (Å²) in [5.41, 5.74) is 0.335. The second-order valence-electron chi connectivity index (χ2n) is 5.78. The Hall–Kier alpha value is -0.120. The highest BCUT2D eigenvalue weighted by atomic mass is 16.5. The van der Waals surface area contributed by atoms with Gasteiger partial charge in [-0.1, -0.05) is 13.8 Å². The molecule has 0 radical (unpaired) electrons. The van der Waals surface area contributed by atoms with Gasteiger partial charge in [0.2, 0.25) is 0 Å². The highest BCUT2D eigenvalue weighted by molar-refractivity contribution is 4.92. The Morgan fingerprint density at radius 1 is 1.38 bits per heavy atom. The Balaban J connectivity index is 2.54. The van der Waals surface area contributed by atoms with Gasteiger partial charge >= 0.3 is 0 Å². The molecule has 0 aromatic heterocycles. The van der Waals surface area contributed by atoms with Crippen molar-refractivity contribution < 1.29 is 4.74 Å². The molecule has 3 nitrogen and oxygen atoms in total. The third-order valence-corrected chi connectivity index (χ3v) is 3.53. The van der Waals surface area contributed by atoms with Crippen molar-refractivity contribution in [1.29, 1.82) is 0 Å². The van der Waals surface area contributed by atoms with Gasteiger partial charge in [-0.25, -0.2) is 0 Å². The summed E-state index contributed by atoms with van der Waals surface area (Å²) in [6.45, 7) is 12.1. The molecular formula is C13H28N2O.